The van der Waals surface area contributed by atoms with Crippen molar-refractivity contribution in [3.8, 4) is 0 Å². The zero-order chi connectivity index (χ0) is 13.2. The lowest BCUT2D eigenvalue weighted by atomic mass is 9.90. The molecule has 0 amide bonds. The van der Waals surface area contributed by atoms with Crippen molar-refractivity contribution in [1.29, 1.82) is 0 Å². The smallest absolute Gasteiger partial charge is 0.231 e. The lowest BCUT2D eigenvalue weighted by molar-refractivity contribution is 0.221. The van der Waals surface area contributed by atoms with Gasteiger partial charge in [-0.3, -0.25) is 0 Å². The molecule has 0 aromatic carbocycles. The minimum Gasteiger partial charge on any atom is -0.446 e. The number of anilines is 1. The molecule has 0 spiro atoms. The van der Waals surface area contributed by atoms with E-state index in [9.17, 15) is 0 Å². The zero-order valence-corrected chi connectivity index (χ0v) is 11.5. The SMILES string of the molecule is CN(C)C1CCC(Nc2ncnc3occc23)CC1. The van der Waals surface area contributed by atoms with Crippen LogP contribution in [-0.2, 0) is 0 Å². The van der Waals surface area contributed by atoms with Crippen LogP contribution in [0.1, 0.15) is 25.7 Å². The summed E-state index contributed by atoms with van der Waals surface area (Å²) in [5, 5.41) is 4.51. The fourth-order valence-electron chi connectivity index (χ4n) is 2.83. The summed E-state index contributed by atoms with van der Waals surface area (Å²) < 4.78 is 5.30. The van der Waals surface area contributed by atoms with Crippen molar-refractivity contribution < 1.29 is 4.42 Å². The molecule has 0 radical (unpaired) electrons. The van der Waals surface area contributed by atoms with E-state index in [0.29, 0.717) is 11.8 Å². The quantitative estimate of drug-likeness (QED) is 0.919. The summed E-state index contributed by atoms with van der Waals surface area (Å²) in [7, 11) is 4.33. The van der Waals surface area contributed by atoms with Crippen LogP contribution in [0.3, 0.4) is 0 Å². The summed E-state index contributed by atoms with van der Waals surface area (Å²) >= 11 is 0. The maximum absolute atomic E-state index is 5.30. The Bertz CT molecular complexity index is 543. The molecular weight excluding hydrogens is 240 g/mol. The Morgan fingerprint density at radius 2 is 2.00 bits per heavy atom. The average Bonchev–Trinajstić information content (AvgIpc) is 2.89. The van der Waals surface area contributed by atoms with Gasteiger partial charge in [-0.15, -0.1) is 0 Å². The number of hydrogen-bond acceptors (Lipinski definition) is 5. The lowest BCUT2D eigenvalue weighted by Crippen LogP contribution is -2.36. The van der Waals surface area contributed by atoms with Gasteiger partial charge in [0.25, 0.3) is 0 Å². The highest BCUT2D eigenvalue weighted by molar-refractivity contribution is 5.85. The van der Waals surface area contributed by atoms with E-state index in [2.05, 4.69) is 34.3 Å². The summed E-state index contributed by atoms with van der Waals surface area (Å²) in [5.41, 5.74) is 0.652. The third-order valence-corrected chi connectivity index (χ3v) is 4.03. The topological polar surface area (TPSA) is 54.2 Å². The Hall–Kier alpha value is -1.62. The Labute approximate surface area is 113 Å². The third-order valence-electron chi connectivity index (χ3n) is 4.03. The van der Waals surface area contributed by atoms with Crippen molar-refractivity contribution in [2.75, 3.05) is 19.4 Å². The van der Waals surface area contributed by atoms with Gasteiger partial charge in [0, 0.05) is 12.1 Å². The van der Waals surface area contributed by atoms with Crippen molar-refractivity contribution >= 4 is 16.9 Å². The molecule has 3 rings (SSSR count). The molecule has 1 fully saturated rings. The predicted molar refractivity (Wildman–Crippen MR) is 75.2 cm³/mol. The van der Waals surface area contributed by atoms with Gasteiger partial charge in [0.1, 0.15) is 12.1 Å². The van der Waals surface area contributed by atoms with Crippen LogP contribution < -0.4 is 5.32 Å². The molecule has 2 heterocycles. The summed E-state index contributed by atoms with van der Waals surface area (Å²) in [6, 6.07) is 3.14. The van der Waals surface area contributed by atoms with Crippen molar-refractivity contribution in [3.05, 3.63) is 18.7 Å². The number of furan rings is 1. The largest absolute Gasteiger partial charge is 0.446 e. The molecular formula is C14H20N4O. The van der Waals surface area contributed by atoms with E-state index in [-0.39, 0.29) is 0 Å². The van der Waals surface area contributed by atoms with Crippen LogP contribution in [0.15, 0.2) is 23.1 Å². The van der Waals surface area contributed by atoms with Gasteiger partial charge >= 0.3 is 0 Å². The van der Waals surface area contributed by atoms with E-state index >= 15 is 0 Å². The van der Waals surface area contributed by atoms with E-state index in [4.69, 9.17) is 4.42 Å². The maximum atomic E-state index is 5.30. The first-order valence-electron chi connectivity index (χ1n) is 6.85. The number of nitrogens with zero attached hydrogens (tertiary/aromatic N) is 3. The van der Waals surface area contributed by atoms with E-state index < -0.39 is 0 Å². The first-order valence-corrected chi connectivity index (χ1v) is 6.85. The molecule has 5 heteroatoms. The van der Waals surface area contributed by atoms with Gasteiger partial charge in [0.05, 0.1) is 11.6 Å². The molecule has 0 saturated heterocycles. The first kappa shape index (κ1) is 12.4. The fourth-order valence-corrected chi connectivity index (χ4v) is 2.83. The van der Waals surface area contributed by atoms with Gasteiger partial charge in [0.2, 0.25) is 5.71 Å². The number of hydrogen-bond donors (Lipinski definition) is 1. The molecule has 0 unspecified atom stereocenters. The zero-order valence-electron chi connectivity index (χ0n) is 11.5. The van der Waals surface area contributed by atoms with Crippen molar-refractivity contribution in [1.82, 2.24) is 14.9 Å². The Morgan fingerprint density at radius 1 is 1.21 bits per heavy atom. The monoisotopic (exact) mass is 260 g/mol. The molecule has 1 saturated carbocycles. The maximum Gasteiger partial charge on any atom is 0.231 e. The van der Waals surface area contributed by atoms with Crippen LogP contribution in [0.2, 0.25) is 0 Å². The van der Waals surface area contributed by atoms with Crippen molar-refractivity contribution in [3.63, 3.8) is 0 Å². The molecule has 0 bridgehead atoms. The summed E-state index contributed by atoms with van der Waals surface area (Å²) in [4.78, 5) is 10.8. The molecule has 0 aliphatic heterocycles. The molecule has 1 aliphatic rings. The number of fused-ring (bicyclic) bond motifs is 1. The molecule has 1 N–H and O–H groups in total. The third kappa shape index (κ3) is 2.56. The molecule has 0 atom stereocenters. The number of rotatable bonds is 3. The van der Waals surface area contributed by atoms with Gasteiger partial charge in [-0.2, -0.15) is 0 Å². The normalized spacial score (nSPS) is 23.9. The van der Waals surface area contributed by atoms with Crippen LogP contribution in [0.5, 0.6) is 0 Å². The van der Waals surface area contributed by atoms with Gasteiger partial charge < -0.3 is 14.6 Å². The number of nitrogens with one attached hydrogen (secondary N) is 1. The second kappa shape index (κ2) is 5.17. The van der Waals surface area contributed by atoms with Gasteiger partial charge in [-0.25, -0.2) is 9.97 Å². The van der Waals surface area contributed by atoms with Gasteiger partial charge in [-0.1, -0.05) is 0 Å². The summed E-state index contributed by atoms with van der Waals surface area (Å²) in [6.45, 7) is 0. The van der Waals surface area contributed by atoms with E-state index in [1.165, 1.54) is 25.7 Å². The Kier molecular flexibility index (Phi) is 3.38. The standard InChI is InChI=1S/C14H20N4O/c1-18(2)11-5-3-10(4-6-11)17-13-12-7-8-19-14(12)16-9-15-13/h7-11H,3-6H2,1-2H3,(H,15,16,17). The van der Waals surface area contributed by atoms with Gasteiger partial charge in [-0.05, 0) is 45.8 Å². The van der Waals surface area contributed by atoms with E-state index in [0.717, 1.165) is 17.2 Å². The molecule has 2 aromatic heterocycles. The van der Waals surface area contributed by atoms with Crippen LogP contribution in [0.25, 0.3) is 11.1 Å². The first-order chi connectivity index (χ1) is 9.24. The molecule has 5 nitrogen and oxygen atoms in total. The summed E-state index contributed by atoms with van der Waals surface area (Å²) in [5.74, 6) is 0.895. The second-order valence-corrected chi connectivity index (χ2v) is 5.48. The van der Waals surface area contributed by atoms with Crippen LogP contribution in [0.4, 0.5) is 5.82 Å². The van der Waals surface area contributed by atoms with E-state index in [1.54, 1.807) is 12.6 Å². The predicted octanol–water partition coefficient (Wildman–Crippen LogP) is 2.51. The molecule has 1 aliphatic carbocycles. The fraction of sp³-hybridized carbons (Fsp3) is 0.571. The minimum atomic E-state index is 0.504. The van der Waals surface area contributed by atoms with Gasteiger partial charge in [0.15, 0.2) is 0 Å². The van der Waals surface area contributed by atoms with Crippen molar-refractivity contribution in [2.24, 2.45) is 0 Å². The van der Waals surface area contributed by atoms with E-state index in [1.807, 2.05) is 6.07 Å². The lowest BCUT2D eigenvalue weighted by Gasteiger charge is -2.33. The molecule has 19 heavy (non-hydrogen) atoms. The van der Waals surface area contributed by atoms with Crippen LogP contribution in [0, 0.1) is 0 Å². The molecule has 102 valence electrons. The number of aromatic nitrogens is 2. The molecule has 2 aromatic rings. The highest BCUT2D eigenvalue weighted by Crippen LogP contribution is 2.26. The Morgan fingerprint density at radius 3 is 2.74 bits per heavy atom. The highest BCUT2D eigenvalue weighted by Gasteiger charge is 2.23. The second-order valence-electron chi connectivity index (χ2n) is 5.48. The van der Waals surface area contributed by atoms with Crippen LogP contribution >= 0.6 is 0 Å². The minimum absolute atomic E-state index is 0.504. The average molecular weight is 260 g/mol. The Balaban J connectivity index is 1.68. The van der Waals surface area contributed by atoms with Crippen LogP contribution in [-0.4, -0.2) is 41.0 Å². The van der Waals surface area contributed by atoms with Crippen molar-refractivity contribution in [2.45, 2.75) is 37.8 Å². The summed E-state index contributed by atoms with van der Waals surface area (Å²) in [6.07, 6.45) is 8.07. The highest BCUT2D eigenvalue weighted by atomic mass is 16.3.